The van der Waals surface area contributed by atoms with E-state index in [0.29, 0.717) is 5.92 Å². The Kier molecular flexibility index (Phi) is 5.23. The van der Waals surface area contributed by atoms with Gasteiger partial charge in [0.25, 0.3) is 0 Å². The Balaban J connectivity index is 1.55. The van der Waals surface area contributed by atoms with Crippen molar-refractivity contribution >= 4 is 0 Å². The number of nitrogens with zero attached hydrogens (tertiary/aromatic N) is 1. The first-order chi connectivity index (χ1) is 13.4. The summed E-state index contributed by atoms with van der Waals surface area (Å²) in [5.41, 5.74) is 0.663. The molecule has 3 nitrogen and oxygen atoms in total. The van der Waals surface area contributed by atoms with Gasteiger partial charge in [-0.2, -0.15) is 0 Å². The average Bonchev–Trinajstić information content (AvgIpc) is 2.68. The van der Waals surface area contributed by atoms with Crippen LogP contribution in [0.15, 0.2) is 24.3 Å². The third-order valence-corrected chi connectivity index (χ3v) is 7.45. The number of hydrogen-bond acceptors (Lipinski definition) is 2. The Morgan fingerprint density at radius 2 is 1.89 bits per heavy atom. The molecular formula is C25H36NO2+. The maximum atomic E-state index is 6.76. The Labute approximate surface area is 171 Å². The van der Waals surface area contributed by atoms with E-state index in [0.717, 1.165) is 36.0 Å². The van der Waals surface area contributed by atoms with Crippen molar-refractivity contribution in [1.29, 1.82) is 0 Å². The van der Waals surface area contributed by atoms with E-state index < -0.39 is 0 Å². The molecule has 0 spiro atoms. The van der Waals surface area contributed by atoms with Gasteiger partial charge in [-0.15, -0.1) is 0 Å². The van der Waals surface area contributed by atoms with Crippen molar-refractivity contribution in [2.75, 3.05) is 26.7 Å². The minimum absolute atomic E-state index is 0.0720. The monoisotopic (exact) mass is 382 g/mol. The second kappa shape index (κ2) is 7.39. The summed E-state index contributed by atoms with van der Waals surface area (Å²) in [4.78, 5) is 0. The molecule has 28 heavy (non-hydrogen) atoms. The Morgan fingerprint density at radius 1 is 1.14 bits per heavy atom. The molecule has 2 fully saturated rings. The van der Waals surface area contributed by atoms with Crippen molar-refractivity contribution in [3.8, 4) is 17.6 Å². The molecule has 0 unspecified atom stereocenters. The standard InChI is InChI=1S/C25H36NO2/c1-5-25(3)21-14-16-24(2,15-11-19-26(4)17-9-6-10-18-26)28-23(21)20-12-7-8-13-22(20)27-25/h7-8,12-13,21,23H,5-6,9-10,14,16-19H2,1-4H3/q+1/t21-,23+,24+,25+/m1/s1. The Morgan fingerprint density at radius 3 is 2.64 bits per heavy atom. The zero-order chi connectivity index (χ0) is 19.8. The van der Waals surface area contributed by atoms with E-state index in [-0.39, 0.29) is 17.3 Å². The molecule has 0 bridgehead atoms. The summed E-state index contributed by atoms with van der Waals surface area (Å²) >= 11 is 0. The minimum atomic E-state index is -0.366. The van der Waals surface area contributed by atoms with Crippen LogP contribution in [0.2, 0.25) is 0 Å². The molecule has 4 rings (SSSR count). The zero-order valence-electron chi connectivity index (χ0n) is 18.1. The number of rotatable bonds is 2. The molecule has 0 radical (unpaired) electrons. The molecule has 0 amide bonds. The van der Waals surface area contributed by atoms with E-state index in [1.54, 1.807) is 0 Å². The van der Waals surface area contributed by atoms with Gasteiger partial charge in [-0.3, -0.25) is 0 Å². The molecule has 152 valence electrons. The number of para-hydroxylation sites is 1. The van der Waals surface area contributed by atoms with Gasteiger partial charge in [0.1, 0.15) is 23.5 Å². The summed E-state index contributed by atoms with van der Waals surface area (Å²) in [5, 5.41) is 0. The first-order valence-electron chi connectivity index (χ1n) is 11.2. The van der Waals surface area contributed by atoms with Gasteiger partial charge < -0.3 is 14.0 Å². The largest absolute Gasteiger partial charge is 0.487 e. The van der Waals surface area contributed by atoms with Gasteiger partial charge in [0, 0.05) is 11.5 Å². The van der Waals surface area contributed by atoms with Crippen LogP contribution in [0, 0.1) is 17.8 Å². The number of ether oxygens (including phenoxy) is 2. The maximum absolute atomic E-state index is 6.76. The van der Waals surface area contributed by atoms with E-state index in [9.17, 15) is 0 Å². The van der Waals surface area contributed by atoms with Crippen LogP contribution in [-0.4, -0.2) is 42.4 Å². The first kappa shape index (κ1) is 19.8. The zero-order valence-corrected chi connectivity index (χ0v) is 18.1. The van der Waals surface area contributed by atoms with Gasteiger partial charge in [-0.1, -0.05) is 31.0 Å². The number of piperidine rings is 1. The van der Waals surface area contributed by atoms with Gasteiger partial charge >= 0.3 is 0 Å². The third kappa shape index (κ3) is 3.70. The number of quaternary nitrogens is 1. The number of benzene rings is 1. The molecule has 0 saturated carbocycles. The van der Waals surface area contributed by atoms with Crippen LogP contribution in [0.1, 0.15) is 71.0 Å². The molecule has 2 saturated heterocycles. The molecule has 0 aromatic heterocycles. The van der Waals surface area contributed by atoms with Crippen molar-refractivity contribution in [3.05, 3.63) is 29.8 Å². The molecule has 3 aliphatic rings. The quantitative estimate of drug-likeness (QED) is 0.523. The van der Waals surface area contributed by atoms with Crippen molar-refractivity contribution in [2.24, 2.45) is 5.92 Å². The molecule has 4 atom stereocenters. The topological polar surface area (TPSA) is 18.5 Å². The van der Waals surface area contributed by atoms with Crippen LogP contribution in [0.5, 0.6) is 5.75 Å². The van der Waals surface area contributed by atoms with Gasteiger partial charge in [0.15, 0.2) is 0 Å². The highest BCUT2D eigenvalue weighted by molar-refractivity contribution is 5.39. The van der Waals surface area contributed by atoms with Crippen LogP contribution in [-0.2, 0) is 4.74 Å². The summed E-state index contributed by atoms with van der Waals surface area (Å²) in [6, 6.07) is 8.40. The third-order valence-electron chi connectivity index (χ3n) is 7.45. The summed E-state index contributed by atoms with van der Waals surface area (Å²) in [7, 11) is 2.36. The van der Waals surface area contributed by atoms with E-state index in [4.69, 9.17) is 9.47 Å². The minimum Gasteiger partial charge on any atom is -0.487 e. The molecule has 3 aliphatic heterocycles. The number of hydrogen-bond donors (Lipinski definition) is 0. The lowest BCUT2D eigenvalue weighted by Crippen LogP contribution is -2.52. The van der Waals surface area contributed by atoms with Crippen molar-refractivity contribution < 1.29 is 14.0 Å². The second-order valence-electron chi connectivity index (χ2n) is 9.81. The van der Waals surface area contributed by atoms with Crippen molar-refractivity contribution in [3.63, 3.8) is 0 Å². The van der Waals surface area contributed by atoms with Gasteiger partial charge in [-0.05, 0) is 64.4 Å². The second-order valence-corrected chi connectivity index (χ2v) is 9.81. The highest BCUT2D eigenvalue weighted by Gasteiger charge is 2.51. The van der Waals surface area contributed by atoms with Crippen LogP contribution >= 0.6 is 0 Å². The summed E-state index contributed by atoms with van der Waals surface area (Å²) in [6.45, 7) is 10.1. The van der Waals surface area contributed by atoms with Gasteiger partial charge in [-0.25, -0.2) is 0 Å². The Hall–Kier alpha value is -1.50. The summed E-state index contributed by atoms with van der Waals surface area (Å²) in [5.74, 6) is 8.44. The summed E-state index contributed by atoms with van der Waals surface area (Å²) < 4.78 is 14.3. The average molecular weight is 383 g/mol. The molecule has 3 heterocycles. The predicted molar refractivity (Wildman–Crippen MR) is 113 cm³/mol. The first-order valence-corrected chi connectivity index (χ1v) is 11.2. The molecule has 1 aromatic carbocycles. The fraction of sp³-hybridized carbons (Fsp3) is 0.680. The van der Waals surface area contributed by atoms with E-state index in [2.05, 4.69) is 63.9 Å². The smallest absolute Gasteiger partial charge is 0.140 e. The van der Waals surface area contributed by atoms with Gasteiger partial charge in [0.05, 0.1) is 26.2 Å². The SMILES string of the molecule is CC[C@]1(C)Oc2ccccc2[C@@H]2O[C@@](C)(C#CC[N+]3(C)CCCCC3)CC[C@H]21. The van der Waals surface area contributed by atoms with Crippen LogP contribution in [0.4, 0.5) is 0 Å². The van der Waals surface area contributed by atoms with Crippen LogP contribution in [0.3, 0.4) is 0 Å². The predicted octanol–water partition coefficient (Wildman–Crippen LogP) is 5.11. The Bertz CT molecular complexity index is 772. The molecule has 3 heteroatoms. The lowest BCUT2D eigenvalue weighted by molar-refractivity contribution is -0.907. The molecule has 1 aromatic rings. The molecule has 0 aliphatic carbocycles. The van der Waals surface area contributed by atoms with Crippen LogP contribution < -0.4 is 4.74 Å². The summed E-state index contributed by atoms with van der Waals surface area (Å²) in [6.07, 6.45) is 7.19. The normalized spacial score (nSPS) is 36.3. The molecular weight excluding hydrogens is 346 g/mol. The fourth-order valence-electron chi connectivity index (χ4n) is 5.32. The number of likely N-dealkylation sites (tertiary alicyclic amines) is 1. The van der Waals surface area contributed by atoms with Crippen LogP contribution in [0.25, 0.3) is 0 Å². The fourth-order valence-corrected chi connectivity index (χ4v) is 5.32. The van der Waals surface area contributed by atoms with Crippen molar-refractivity contribution in [2.45, 2.75) is 76.6 Å². The lowest BCUT2D eigenvalue weighted by Gasteiger charge is -2.51. The van der Waals surface area contributed by atoms with E-state index >= 15 is 0 Å². The highest BCUT2D eigenvalue weighted by atomic mass is 16.5. The van der Waals surface area contributed by atoms with E-state index in [1.165, 1.54) is 37.9 Å². The van der Waals surface area contributed by atoms with Crippen molar-refractivity contribution in [1.82, 2.24) is 0 Å². The van der Waals surface area contributed by atoms with E-state index in [1.807, 2.05) is 0 Å². The maximum Gasteiger partial charge on any atom is 0.140 e. The number of fused-ring (bicyclic) bond motifs is 3. The van der Waals surface area contributed by atoms with Gasteiger partial charge in [0.2, 0.25) is 0 Å². The molecule has 0 N–H and O–H groups in total. The highest BCUT2D eigenvalue weighted by Crippen LogP contribution is 2.53. The lowest BCUT2D eigenvalue weighted by atomic mass is 9.71.